The molecule has 0 aliphatic carbocycles. The van der Waals surface area contributed by atoms with Gasteiger partial charge in [0.05, 0.1) is 10.0 Å². The van der Waals surface area contributed by atoms with Gasteiger partial charge in [-0.3, -0.25) is 4.72 Å². The summed E-state index contributed by atoms with van der Waals surface area (Å²) in [7, 11) is -3.55. The van der Waals surface area contributed by atoms with E-state index in [1.807, 2.05) is 19.1 Å². The van der Waals surface area contributed by atoms with E-state index >= 15 is 0 Å². The van der Waals surface area contributed by atoms with Gasteiger partial charge in [-0.15, -0.1) is 11.3 Å². The molecule has 2 aromatic rings. The van der Waals surface area contributed by atoms with Crippen LogP contribution in [0.1, 0.15) is 5.56 Å². The summed E-state index contributed by atoms with van der Waals surface area (Å²) in [6.45, 7) is 1.88. The van der Waals surface area contributed by atoms with Gasteiger partial charge in [0.1, 0.15) is 4.21 Å². The lowest BCUT2D eigenvalue weighted by Gasteiger charge is -2.10. The van der Waals surface area contributed by atoms with Gasteiger partial charge in [0.2, 0.25) is 0 Å². The molecule has 2 rings (SSSR count). The highest BCUT2D eigenvalue weighted by Gasteiger charge is 2.17. The molecule has 0 aliphatic heterocycles. The Balaban J connectivity index is 2.37. The van der Waals surface area contributed by atoms with E-state index in [9.17, 15) is 8.42 Å². The third-order valence-electron chi connectivity index (χ3n) is 2.33. The van der Waals surface area contributed by atoms with Gasteiger partial charge < -0.3 is 0 Å². The zero-order chi connectivity index (χ0) is 13.3. The van der Waals surface area contributed by atoms with E-state index in [1.54, 1.807) is 12.1 Å². The van der Waals surface area contributed by atoms with Gasteiger partial charge in [-0.05, 0) is 59.3 Å². The van der Waals surface area contributed by atoms with E-state index in [2.05, 4.69) is 27.3 Å². The monoisotopic (exact) mass is 413 g/mol. The molecular weight excluding hydrogens is 405 g/mol. The molecule has 18 heavy (non-hydrogen) atoms. The summed E-state index contributed by atoms with van der Waals surface area (Å²) < 4.78 is 28.5. The van der Waals surface area contributed by atoms with Crippen LogP contribution in [-0.4, -0.2) is 8.42 Å². The predicted molar refractivity (Wildman–Crippen MR) is 84.0 cm³/mol. The van der Waals surface area contributed by atoms with Crippen molar-refractivity contribution in [2.75, 3.05) is 4.72 Å². The first-order valence-corrected chi connectivity index (χ1v) is 8.69. The Morgan fingerprint density at radius 1 is 1.28 bits per heavy atom. The first kappa shape index (κ1) is 14.1. The van der Waals surface area contributed by atoms with Crippen molar-refractivity contribution in [3.63, 3.8) is 0 Å². The molecule has 0 bridgehead atoms. The van der Waals surface area contributed by atoms with Crippen LogP contribution in [0.25, 0.3) is 0 Å². The highest BCUT2D eigenvalue weighted by atomic mass is 127. The first-order chi connectivity index (χ1) is 8.40. The zero-order valence-electron chi connectivity index (χ0n) is 9.28. The maximum Gasteiger partial charge on any atom is 0.271 e. The van der Waals surface area contributed by atoms with Crippen molar-refractivity contribution in [1.29, 1.82) is 0 Å². The first-order valence-electron chi connectivity index (χ1n) is 4.93. The topological polar surface area (TPSA) is 46.2 Å². The summed E-state index contributed by atoms with van der Waals surface area (Å²) in [6.07, 6.45) is 0. The van der Waals surface area contributed by atoms with Crippen molar-refractivity contribution < 1.29 is 8.42 Å². The van der Waals surface area contributed by atoms with Crippen LogP contribution in [0.4, 0.5) is 5.69 Å². The SMILES string of the molecule is Cc1c(I)cccc1NS(=O)(=O)c1ccc(Cl)s1. The van der Waals surface area contributed by atoms with Crippen LogP contribution in [0.5, 0.6) is 0 Å². The molecule has 0 saturated carbocycles. The second kappa shape index (κ2) is 5.36. The minimum absolute atomic E-state index is 0.214. The summed E-state index contributed by atoms with van der Waals surface area (Å²) in [6, 6.07) is 8.55. The molecule has 0 spiro atoms. The molecule has 1 N–H and O–H groups in total. The number of rotatable bonds is 3. The molecule has 0 unspecified atom stereocenters. The summed E-state index contributed by atoms with van der Waals surface area (Å²) in [5.74, 6) is 0. The quantitative estimate of drug-likeness (QED) is 0.770. The summed E-state index contributed by atoms with van der Waals surface area (Å²) >= 11 is 8.96. The minimum atomic E-state index is -3.55. The lowest BCUT2D eigenvalue weighted by atomic mass is 10.2. The van der Waals surface area contributed by atoms with Gasteiger partial charge in [-0.2, -0.15) is 0 Å². The molecule has 1 aromatic carbocycles. The molecule has 0 atom stereocenters. The number of nitrogens with one attached hydrogen (secondary N) is 1. The molecule has 1 heterocycles. The summed E-state index contributed by atoms with van der Waals surface area (Å²) in [5, 5.41) is 0. The third-order valence-corrected chi connectivity index (χ3v) is 6.58. The maximum atomic E-state index is 12.1. The van der Waals surface area contributed by atoms with E-state index in [4.69, 9.17) is 11.6 Å². The molecule has 7 heteroatoms. The van der Waals surface area contributed by atoms with Crippen LogP contribution < -0.4 is 4.72 Å². The average molecular weight is 414 g/mol. The zero-order valence-corrected chi connectivity index (χ0v) is 13.8. The predicted octanol–water partition coefficient (Wildman–Crippen LogP) is 4.12. The van der Waals surface area contributed by atoms with Crippen LogP contribution in [0.2, 0.25) is 4.34 Å². The molecule has 0 amide bonds. The van der Waals surface area contributed by atoms with Gasteiger partial charge >= 0.3 is 0 Å². The molecule has 0 fully saturated rings. The Labute approximate surface area is 128 Å². The number of hydrogen-bond acceptors (Lipinski definition) is 3. The average Bonchev–Trinajstić information content (AvgIpc) is 2.72. The van der Waals surface area contributed by atoms with E-state index in [1.165, 1.54) is 6.07 Å². The normalized spacial score (nSPS) is 11.5. The van der Waals surface area contributed by atoms with Gasteiger partial charge in [-0.25, -0.2) is 8.42 Å². The fourth-order valence-corrected chi connectivity index (χ4v) is 4.46. The van der Waals surface area contributed by atoms with Crippen LogP contribution in [0.15, 0.2) is 34.5 Å². The standard InChI is InChI=1S/C11H9ClINO2S2/c1-7-8(13)3-2-4-9(7)14-18(15,16)11-6-5-10(12)17-11/h2-6,14H,1H3. The van der Waals surface area contributed by atoms with Crippen molar-refractivity contribution in [2.45, 2.75) is 11.1 Å². The van der Waals surface area contributed by atoms with E-state index in [0.29, 0.717) is 10.0 Å². The number of benzene rings is 1. The fraction of sp³-hybridized carbons (Fsp3) is 0.0909. The van der Waals surface area contributed by atoms with Gasteiger partial charge in [0.25, 0.3) is 10.0 Å². The van der Waals surface area contributed by atoms with Crippen LogP contribution in [-0.2, 0) is 10.0 Å². The molecule has 0 aliphatic rings. The Hall–Kier alpha value is -0.310. The second-order valence-electron chi connectivity index (χ2n) is 3.58. The Bertz CT molecular complexity index is 682. The van der Waals surface area contributed by atoms with E-state index in [-0.39, 0.29) is 4.21 Å². The van der Waals surface area contributed by atoms with Gasteiger partial charge in [-0.1, -0.05) is 17.7 Å². The number of sulfonamides is 1. The maximum absolute atomic E-state index is 12.1. The Morgan fingerprint density at radius 2 is 2.00 bits per heavy atom. The molecule has 0 saturated heterocycles. The highest BCUT2D eigenvalue weighted by molar-refractivity contribution is 14.1. The van der Waals surface area contributed by atoms with E-state index < -0.39 is 10.0 Å². The molecular formula is C11H9ClINO2S2. The third kappa shape index (κ3) is 2.98. The lowest BCUT2D eigenvalue weighted by molar-refractivity contribution is 0.603. The lowest BCUT2D eigenvalue weighted by Crippen LogP contribution is -2.12. The largest absolute Gasteiger partial charge is 0.279 e. The minimum Gasteiger partial charge on any atom is -0.279 e. The smallest absolute Gasteiger partial charge is 0.271 e. The Morgan fingerprint density at radius 3 is 2.61 bits per heavy atom. The number of anilines is 1. The number of thiophene rings is 1. The Kier molecular flexibility index (Phi) is 4.20. The fourth-order valence-electron chi connectivity index (χ4n) is 1.36. The van der Waals surface area contributed by atoms with Crippen LogP contribution in [0.3, 0.4) is 0 Å². The highest BCUT2D eigenvalue weighted by Crippen LogP contribution is 2.28. The van der Waals surface area contributed by atoms with Crippen molar-refractivity contribution in [3.8, 4) is 0 Å². The second-order valence-corrected chi connectivity index (χ2v) is 8.36. The number of halogens is 2. The van der Waals surface area contributed by atoms with Crippen molar-refractivity contribution >= 4 is 61.2 Å². The molecule has 3 nitrogen and oxygen atoms in total. The van der Waals surface area contributed by atoms with Crippen molar-refractivity contribution in [3.05, 3.63) is 43.8 Å². The molecule has 96 valence electrons. The molecule has 1 aromatic heterocycles. The van der Waals surface area contributed by atoms with Gasteiger partial charge in [0, 0.05) is 3.57 Å². The van der Waals surface area contributed by atoms with Crippen LogP contribution >= 0.6 is 45.5 Å². The summed E-state index contributed by atoms with van der Waals surface area (Å²) in [5.41, 5.74) is 1.50. The number of hydrogen-bond donors (Lipinski definition) is 1. The van der Waals surface area contributed by atoms with Gasteiger partial charge in [0.15, 0.2) is 0 Å². The van der Waals surface area contributed by atoms with E-state index in [0.717, 1.165) is 20.5 Å². The van der Waals surface area contributed by atoms with Crippen molar-refractivity contribution in [1.82, 2.24) is 0 Å². The van der Waals surface area contributed by atoms with Crippen LogP contribution in [0, 0.1) is 10.5 Å². The molecule has 0 radical (unpaired) electrons. The van der Waals surface area contributed by atoms with Crippen molar-refractivity contribution in [2.24, 2.45) is 0 Å². The summed E-state index contributed by atoms with van der Waals surface area (Å²) in [4.78, 5) is 0.